The molecule has 0 saturated heterocycles. The van der Waals surface area contributed by atoms with Crippen LogP contribution in [0.25, 0.3) is 38.8 Å². The molecule has 0 aliphatic rings. The lowest BCUT2D eigenvalue weighted by molar-refractivity contribution is 1.06. The van der Waals surface area contributed by atoms with Gasteiger partial charge in [0.2, 0.25) is 4.77 Å². The third-order valence-corrected chi connectivity index (χ3v) is 5.57. The van der Waals surface area contributed by atoms with Crippen LogP contribution in [0.3, 0.4) is 0 Å². The average Bonchev–Trinajstić information content (AvgIpc) is 3.20. The van der Waals surface area contributed by atoms with E-state index in [0.29, 0.717) is 4.77 Å². The van der Waals surface area contributed by atoms with E-state index in [-0.39, 0.29) is 0 Å². The molecule has 0 atom stereocenters. The second kappa shape index (κ2) is 6.73. The summed E-state index contributed by atoms with van der Waals surface area (Å²) in [5.74, 6) is 0. The van der Waals surface area contributed by atoms with Crippen LogP contribution >= 0.6 is 12.2 Å². The Labute approximate surface area is 168 Å². The first kappa shape index (κ1) is 16.9. The Kier molecular flexibility index (Phi) is 4.06. The quantitative estimate of drug-likeness (QED) is 0.365. The molecule has 0 aliphatic heterocycles. The van der Waals surface area contributed by atoms with Gasteiger partial charge in [-0.3, -0.25) is 4.40 Å². The van der Waals surface area contributed by atoms with Gasteiger partial charge in [0.05, 0.1) is 5.69 Å². The summed E-state index contributed by atoms with van der Waals surface area (Å²) in [7, 11) is 0. The summed E-state index contributed by atoms with van der Waals surface area (Å²) in [6.07, 6.45) is 4.95. The maximum atomic E-state index is 5.49. The van der Waals surface area contributed by atoms with E-state index in [9.17, 15) is 0 Å². The standard InChI is InChI=1S/C24H19N3S/c1-2-16-10-12-18(13-11-16)22-15-27-23(26-22)21(14-25-24(27)28)20-9-5-7-17-6-3-4-8-19(17)20/h3-15,26H,2H2,1H3. The molecule has 0 bridgehead atoms. The minimum Gasteiger partial charge on any atom is -0.339 e. The van der Waals surface area contributed by atoms with Crippen molar-refractivity contribution in [1.29, 1.82) is 0 Å². The molecule has 0 fully saturated rings. The third kappa shape index (κ3) is 2.74. The second-order valence-corrected chi connectivity index (χ2v) is 7.28. The zero-order valence-electron chi connectivity index (χ0n) is 15.5. The molecule has 4 heteroatoms. The molecule has 2 aromatic heterocycles. The number of rotatable bonds is 3. The summed E-state index contributed by atoms with van der Waals surface area (Å²) in [6.45, 7) is 2.17. The maximum absolute atomic E-state index is 5.49. The van der Waals surface area contributed by atoms with Crippen molar-refractivity contribution >= 4 is 28.6 Å². The molecule has 0 amide bonds. The van der Waals surface area contributed by atoms with E-state index >= 15 is 0 Å². The van der Waals surface area contributed by atoms with Crippen molar-refractivity contribution in [3.63, 3.8) is 0 Å². The highest BCUT2D eigenvalue weighted by Crippen LogP contribution is 2.32. The van der Waals surface area contributed by atoms with E-state index < -0.39 is 0 Å². The van der Waals surface area contributed by atoms with Gasteiger partial charge in [-0.1, -0.05) is 73.7 Å². The lowest BCUT2D eigenvalue weighted by atomic mass is 10.00. The molecule has 5 rings (SSSR count). The van der Waals surface area contributed by atoms with E-state index in [2.05, 4.69) is 83.6 Å². The van der Waals surface area contributed by atoms with Crippen LogP contribution in [0.2, 0.25) is 0 Å². The summed E-state index contributed by atoms with van der Waals surface area (Å²) in [6, 6.07) is 23.4. The fourth-order valence-corrected chi connectivity index (χ4v) is 3.93. The van der Waals surface area contributed by atoms with E-state index in [4.69, 9.17) is 12.2 Å². The average molecular weight is 382 g/mol. The lowest BCUT2D eigenvalue weighted by Gasteiger charge is -2.08. The fourth-order valence-electron chi connectivity index (χ4n) is 3.73. The second-order valence-electron chi connectivity index (χ2n) is 6.92. The van der Waals surface area contributed by atoms with E-state index in [1.165, 1.54) is 16.3 Å². The molecule has 0 spiro atoms. The van der Waals surface area contributed by atoms with Crippen molar-refractivity contribution in [1.82, 2.24) is 14.4 Å². The smallest absolute Gasteiger partial charge is 0.205 e. The summed E-state index contributed by atoms with van der Waals surface area (Å²) >= 11 is 5.49. The Morgan fingerprint density at radius 2 is 1.71 bits per heavy atom. The van der Waals surface area contributed by atoms with Gasteiger partial charge in [0.15, 0.2) is 0 Å². The zero-order valence-corrected chi connectivity index (χ0v) is 16.3. The Hall–Kier alpha value is -3.24. The van der Waals surface area contributed by atoms with E-state index in [1.807, 2.05) is 16.8 Å². The number of fused-ring (bicyclic) bond motifs is 2. The number of benzene rings is 3. The van der Waals surface area contributed by atoms with Crippen molar-refractivity contribution in [3.8, 4) is 22.4 Å². The van der Waals surface area contributed by atoms with Crippen LogP contribution in [0.4, 0.5) is 0 Å². The fraction of sp³-hybridized carbons (Fsp3) is 0.0833. The number of aryl methyl sites for hydroxylation is 1. The van der Waals surface area contributed by atoms with Gasteiger partial charge in [0, 0.05) is 18.0 Å². The molecule has 0 aliphatic carbocycles. The Morgan fingerprint density at radius 3 is 2.54 bits per heavy atom. The monoisotopic (exact) mass is 381 g/mol. The highest BCUT2D eigenvalue weighted by molar-refractivity contribution is 7.71. The number of imidazole rings is 1. The maximum Gasteiger partial charge on any atom is 0.205 e. The minimum absolute atomic E-state index is 0.548. The van der Waals surface area contributed by atoms with Crippen LogP contribution in [0.1, 0.15) is 12.5 Å². The Morgan fingerprint density at radius 1 is 0.929 bits per heavy atom. The van der Waals surface area contributed by atoms with Crippen LogP contribution in [-0.2, 0) is 6.42 Å². The first-order valence-electron chi connectivity index (χ1n) is 9.42. The molecular formula is C24H19N3S. The molecule has 5 aromatic rings. The molecule has 2 heterocycles. The number of nitrogens with one attached hydrogen (secondary N) is 1. The van der Waals surface area contributed by atoms with Gasteiger partial charge in [0.1, 0.15) is 5.65 Å². The van der Waals surface area contributed by atoms with Crippen molar-refractivity contribution in [2.75, 3.05) is 0 Å². The van der Waals surface area contributed by atoms with Crippen molar-refractivity contribution < 1.29 is 0 Å². The van der Waals surface area contributed by atoms with Crippen molar-refractivity contribution in [2.24, 2.45) is 0 Å². The summed E-state index contributed by atoms with van der Waals surface area (Å²) in [5.41, 5.74) is 6.65. The van der Waals surface area contributed by atoms with Gasteiger partial charge >= 0.3 is 0 Å². The van der Waals surface area contributed by atoms with Gasteiger partial charge in [0.25, 0.3) is 0 Å². The highest BCUT2D eigenvalue weighted by Gasteiger charge is 2.12. The number of aromatic amines is 1. The van der Waals surface area contributed by atoms with E-state index in [0.717, 1.165) is 34.5 Å². The Bertz CT molecular complexity index is 1360. The van der Waals surface area contributed by atoms with Crippen molar-refractivity contribution in [2.45, 2.75) is 13.3 Å². The largest absolute Gasteiger partial charge is 0.339 e. The SMILES string of the molecule is CCc1ccc(-c2cn3c(=S)ncc(-c4cccc5ccccc45)c3[nH]2)cc1. The molecule has 136 valence electrons. The van der Waals surface area contributed by atoms with Gasteiger partial charge in [-0.15, -0.1) is 0 Å². The van der Waals surface area contributed by atoms with E-state index in [1.54, 1.807) is 0 Å². The molecule has 1 N–H and O–H groups in total. The lowest BCUT2D eigenvalue weighted by Crippen LogP contribution is -1.93. The normalized spacial score (nSPS) is 11.3. The van der Waals surface area contributed by atoms with Crippen LogP contribution in [0.5, 0.6) is 0 Å². The molecular weight excluding hydrogens is 362 g/mol. The Balaban J connectivity index is 1.75. The van der Waals surface area contributed by atoms with Gasteiger partial charge in [-0.25, -0.2) is 4.98 Å². The number of aromatic nitrogens is 3. The third-order valence-electron chi connectivity index (χ3n) is 5.27. The van der Waals surface area contributed by atoms with Crippen LogP contribution in [-0.4, -0.2) is 14.4 Å². The molecule has 0 radical (unpaired) electrons. The molecule has 3 aromatic carbocycles. The topological polar surface area (TPSA) is 33.1 Å². The van der Waals surface area contributed by atoms with Crippen molar-refractivity contribution in [3.05, 3.63) is 89.5 Å². The van der Waals surface area contributed by atoms with Gasteiger partial charge in [-0.2, -0.15) is 0 Å². The number of hydrogen-bond acceptors (Lipinski definition) is 2. The zero-order chi connectivity index (χ0) is 19.1. The number of H-pyrrole nitrogens is 1. The predicted molar refractivity (Wildman–Crippen MR) is 118 cm³/mol. The molecule has 0 unspecified atom stereocenters. The summed E-state index contributed by atoms with van der Waals surface area (Å²) in [5, 5.41) is 2.41. The predicted octanol–water partition coefficient (Wildman–Crippen LogP) is 6.44. The summed E-state index contributed by atoms with van der Waals surface area (Å²) in [4.78, 5) is 8.06. The van der Waals surface area contributed by atoms with Gasteiger partial charge < -0.3 is 4.98 Å². The number of nitrogens with zero attached hydrogens (tertiary/aromatic N) is 2. The minimum atomic E-state index is 0.548. The van der Waals surface area contributed by atoms with Crippen LogP contribution in [0.15, 0.2) is 79.1 Å². The first-order chi connectivity index (χ1) is 13.7. The molecule has 3 nitrogen and oxygen atoms in total. The van der Waals surface area contributed by atoms with Gasteiger partial charge in [-0.05, 0) is 46.1 Å². The van der Waals surface area contributed by atoms with Crippen LogP contribution in [0, 0.1) is 4.77 Å². The first-order valence-corrected chi connectivity index (χ1v) is 9.83. The molecule has 28 heavy (non-hydrogen) atoms. The number of hydrogen-bond donors (Lipinski definition) is 1. The highest BCUT2D eigenvalue weighted by atomic mass is 32.1. The van der Waals surface area contributed by atoms with Crippen LogP contribution < -0.4 is 0 Å². The molecule has 0 saturated carbocycles. The summed E-state index contributed by atoms with van der Waals surface area (Å²) < 4.78 is 2.52.